The smallest absolute Gasteiger partial charge is 0.337 e. The lowest BCUT2D eigenvalue weighted by Gasteiger charge is -2.13. The molecule has 0 bridgehead atoms. The van der Waals surface area contributed by atoms with Gasteiger partial charge in [-0.2, -0.15) is 0 Å². The van der Waals surface area contributed by atoms with Crippen LogP contribution >= 0.6 is 11.6 Å². The van der Waals surface area contributed by atoms with Crippen LogP contribution in [0.3, 0.4) is 0 Å². The highest BCUT2D eigenvalue weighted by Crippen LogP contribution is 2.18. The maximum Gasteiger partial charge on any atom is 0.337 e. The van der Waals surface area contributed by atoms with Crippen molar-refractivity contribution in [2.24, 2.45) is 5.92 Å². The van der Waals surface area contributed by atoms with Gasteiger partial charge in [0.05, 0.1) is 25.7 Å². The van der Waals surface area contributed by atoms with E-state index in [2.05, 4.69) is 4.98 Å². The molecule has 0 unspecified atom stereocenters. The monoisotopic (exact) mass is 480 g/mol. The maximum absolute atomic E-state index is 13.4. The Morgan fingerprint density at radius 3 is 2.53 bits per heavy atom. The van der Waals surface area contributed by atoms with E-state index in [-0.39, 0.29) is 30.0 Å². The van der Waals surface area contributed by atoms with Crippen LogP contribution in [0.15, 0.2) is 64.4 Å². The minimum atomic E-state index is -0.482. The van der Waals surface area contributed by atoms with Gasteiger partial charge in [0, 0.05) is 17.1 Å². The fourth-order valence-electron chi connectivity index (χ4n) is 3.75. The summed E-state index contributed by atoms with van der Waals surface area (Å²) in [6.45, 7) is 4.20. The maximum atomic E-state index is 13.4. The zero-order valence-electron chi connectivity index (χ0n) is 19.2. The van der Waals surface area contributed by atoms with Gasteiger partial charge in [-0.05, 0) is 48.7 Å². The van der Waals surface area contributed by atoms with Crippen LogP contribution in [-0.2, 0) is 13.1 Å². The molecule has 0 aliphatic heterocycles. The van der Waals surface area contributed by atoms with Gasteiger partial charge in [-0.3, -0.25) is 14.2 Å². The number of fused-ring (bicyclic) bond motifs is 1. The normalized spacial score (nSPS) is 11.3. The number of hydrogen-bond acceptors (Lipinski definition) is 5. The Morgan fingerprint density at radius 2 is 1.85 bits per heavy atom. The lowest BCUT2D eigenvalue weighted by atomic mass is 10.1. The summed E-state index contributed by atoms with van der Waals surface area (Å²) < 4.78 is 9.31. The summed E-state index contributed by atoms with van der Waals surface area (Å²) in [5.74, 6) is 0.648. The van der Waals surface area contributed by atoms with Crippen molar-refractivity contribution in [2.45, 2.75) is 33.4 Å². The van der Waals surface area contributed by atoms with Gasteiger partial charge in [-0.15, -0.1) is 0 Å². The molecule has 4 aromatic rings. The number of aromatic nitrogens is 4. The van der Waals surface area contributed by atoms with Crippen LogP contribution < -0.4 is 16.0 Å². The fraction of sp³-hybridized carbons (Fsp3) is 0.280. The van der Waals surface area contributed by atoms with E-state index in [1.807, 2.05) is 13.8 Å². The van der Waals surface area contributed by atoms with Crippen molar-refractivity contribution in [1.29, 1.82) is 0 Å². The van der Waals surface area contributed by atoms with E-state index in [1.54, 1.807) is 48.5 Å². The summed E-state index contributed by atoms with van der Waals surface area (Å²) in [6.07, 6.45) is 2.07. The second-order valence-electron chi connectivity index (χ2n) is 8.43. The molecule has 0 aliphatic carbocycles. The van der Waals surface area contributed by atoms with Gasteiger partial charge in [0.1, 0.15) is 5.75 Å². The molecular formula is C25H25ClN4O4. The molecule has 0 radical (unpaired) electrons. The van der Waals surface area contributed by atoms with Crippen LogP contribution in [0.5, 0.6) is 5.75 Å². The average molecular weight is 481 g/mol. The first-order valence-electron chi connectivity index (χ1n) is 10.9. The number of imidazole rings is 1. The molecule has 0 amide bonds. The van der Waals surface area contributed by atoms with E-state index in [0.29, 0.717) is 34.4 Å². The molecular weight excluding hydrogens is 456 g/mol. The Balaban J connectivity index is 1.88. The second kappa shape index (κ2) is 9.69. The van der Waals surface area contributed by atoms with E-state index in [0.717, 1.165) is 0 Å². The Labute approximate surface area is 201 Å². The van der Waals surface area contributed by atoms with Gasteiger partial charge in [0.15, 0.2) is 16.9 Å². The first kappa shape index (κ1) is 23.5. The first-order valence-corrected chi connectivity index (χ1v) is 11.3. The zero-order chi connectivity index (χ0) is 24.4. The third-order valence-electron chi connectivity index (χ3n) is 5.62. The summed E-state index contributed by atoms with van der Waals surface area (Å²) in [6, 6.07) is 13.5. The van der Waals surface area contributed by atoms with Crippen molar-refractivity contribution in [3.05, 3.63) is 86.3 Å². The molecule has 2 aromatic carbocycles. The minimum Gasteiger partial charge on any atom is -0.497 e. The Kier molecular flexibility index (Phi) is 6.70. The van der Waals surface area contributed by atoms with Gasteiger partial charge >= 0.3 is 5.69 Å². The summed E-state index contributed by atoms with van der Waals surface area (Å²) >= 11 is 6.03. The van der Waals surface area contributed by atoms with Crippen LogP contribution in [0.4, 0.5) is 0 Å². The van der Waals surface area contributed by atoms with Gasteiger partial charge in [-0.1, -0.05) is 37.6 Å². The molecule has 0 aliphatic rings. The molecule has 0 N–H and O–H groups in total. The molecule has 9 heteroatoms. The minimum absolute atomic E-state index is 0.109. The third-order valence-corrected chi connectivity index (χ3v) is 5.87. The lowest BCUT2D eigenvalue weighted by molar-refractivity contribution is 0.0973. The van der Waals surface area contributed by atoms with Gasteiger partial charge in [0.25, 0.3) is 5.56 Å². The average Bonchev–Trinajstić information content (AvgIpc) is 3.23. The van der Waals surface area contributed by atoms with E-state index < -0.39 is 11.2 Å². The molecule has 0 saturated heterocycles. The van der Waals surface area contributed by atoms with Crippen molar-refractivity contribution in [2.75, 3.05) is 7.11 Å². The highest BCUT2D eigenvalue weighted by Gasteiger charge is 2.21. The zero-order valence-corrected chi connectivity index (χ0v) is 20.0. The van der Waals surface area contributed by atoms with Gasteiger partial charge in [-0.25, -0.2) is 14.3 Å². The topological polar surface area (TPSA) is 88.1 Å². The summed E-state index contributed by atoms with van der Waals surface area (Å²) in [5, 5.41) is 0.524. The molecule has 2 heterocycles. The predicted octanol–water partition coefficient (Wildman–Crippen LogP) is 3.94. The molecule has 0 saturated carbocycles. The van der Waals surface area contributed by atoms with Crippen LogP contribution in [0.1, 0.15) is 30.6 Å². The number of carbonyl (C=O) groups is 1. The number of ether oxygens (including phenoxy) is 1. The van der Waals surface area contributed by atoms with E-state index >= 15 is 0 Å². The SMILES string of the molecule is COc1cccc(C(=O)Cn2cnc3c2c(=O)n(CCC(C)C)c(=O)n3-c2ccc(Cl)cc2)c1. The van der Waals surface area contributed by atoms with Gasteiger partial charge in [0.2, 0.25) is 0 Å². The number of ketones is 1. The standard InChI is InChI=1S/C25H25ClN4O4/c1-16(2)11-12-29-24(32)22-23(30(25(29)33)19-9-7-18(26)8-10-19)27-15-28(22)14-21(31)17-5-4-6-20(13-17)34-3/h4-10,13,15-16H,11-12,14H2,1-3H3. The van der Waals surface area contributed by atoms with Crippen LogP contribution in [-0.4, -0.2) is 31.6 Å². The second-order valence-corrected chi connectivity index (χ2v) is 8.87. The van der Waals surface area contributed by atoms with E-state index in [9.17, 15) is 14.4 Å². The number of hydrogen-bond donors (Lipinski definition) is 0. The third kappa shape index (κ3) is 4.54. The van der Waals surface area contributed by atoms with Crippen molar-refractivity contribution < 1.29 is 9.53 Å². The highest BCUT2D eigenvalue weighted by atomic mass is 35.5. The van der Waals surface area contributed by atoms with Crippen LogP contribution in [0.25, 0.3) is 16.9 Å². The quantitative estimate of drug-likeness (QED) is 0.356. The Bertz CT molecular complexity index is 1470. The Morgan fingerprint density at radius 1 is 1.12 bits per heavy atom. The number of halogens is 1. The first-order chi connectivity index (χ1) is 16.3. The number of Topliss-reactive ketones (excluding diaryl/α,β-unsaturated/α-hetero) is 1. The van der Waals surface area contributed by atoms with Crippen LogP contribution in [0, 0.1) is 5.92 Å². The molecule has 0 atom stereocenters. The summed E-state index contributed by atoms with van der Waals surface area (Å²) in [4.78, 5) is 44.2. The predicted molar refractivity (Wildman–Crippen MR) is 131 cm³/mol. The number of carbonyl (C=O) groups excluding carboxylic acids is 1. The molecule has 8 nitrogen and oxygen atoms in total. The number of benzene rings is 2. The summed E-state index contributed by atoms with van der Waals surface area (Å²) in [7, 11) is 1.53. The molecule has 0 fully saturated rings. The van der Waals surface area contributed by atoms with Crippen molar-refractivity contribution in [3.8, 4) is 11.4 Å². The van der Waals surface area contributed by atoms with Crippen molar-refractivity contribution >= 4 is 28.5 Å². The van der Waals surface area contributed by atoms with E-state index in [1.165, 1.54) is 27.1 Å². The Hall–Kier alpha value is -3.65. The fourth-order valence-corrected chi connectivity index (χ4v) is 3.88. The molecule has 176 valence electrons. The summed E-state index contributed by atoms with van der Waals surface area (Å²) in [5.41, 5.74) is 0.409. The largest absolute Gasteiger partial charge is 0.497 e. The van der Waals surface area contributed by atoms with Crippen molar-refractivity contribution in [3.63, 3.8) is 0 Å². The van der Waals surface area contributed by atoms with Crippen molar-refractivity contribution in [1.82, 2.24) is 18.7 Å². The van der Waals surface area contributed by atoms with E-state index in [4.69, 9.17) is 16.3 Å². The lowest BCUT2D eigenvalue weighted by Crippen LogP contribution is -2.40. The highest BCUT2D eigenvalue weighted by molar-refractivity contribution is 6.30. The number of rotatable bonds is 8. The number of nitrogens with zero attached hydrogens (tertiary/aromatic N) is 4. The van der Waals surface area contributed by atoms with Gasteiger partial charge < -0.3 is 9.30 Å². The van der Waals surface area contributed by atoms with Crippen LogP contribution in [0.2, 0.25) is 5.02 Å². The number of methoxy groups -OCH3 is 1. The molecule has 0 spiro atoms. The molecule has 34 heavy (non-hydrogen) atoms. The molecule has 2 aromatic heterocycles. The molecule has 4 rings (SSSR count).